The van der Waals surface area contributed by atoms with Crippen molar-refractivity contribution in [3.63, 3.8) is 0 Å². The van der Waals surface area contributed by atoms with Gasteiger partial charge in [0.2, 0.25) is 5.91 Å². The van der Waals surface area contributed by atoms with E-state index in [2.05, 4.69) is 5.32 Å². The molecule has 0 bridgehead atoms. The summed E-state index contributed by atoms with van der Waals surface area (Å²) in [6.07, 6.45) is 0. The van der Waals surface area contributed by atoms with Crippen LogP contribution in [0.2, 0.25) is 0 Å². The van der Waals surface area contributed by atoms with Crippen molar-refractivity contribution < 1.29 is 23.5 Å². The number of alkyl halides is 2. The van der Waals surface area contributed by atoms with Crippen molar-refractivity contribution in [2.45, 2.75) is 25.7 Å². The average molecular weight is 345 g/mol. The molecule has 2 N–H and O–H groups in total. The molecule has 130 valence electrons. The van der Waals surface area contributed by atoms with E-state index < -0.39 is 29.6 Å². The van der Waals surface area contributed by atoms with Gasteiger partial charge in [-0.25, -0.2) is 13.6 Å². The maximum absolute atomic E-state index is 14.2. The fourth-order valence-corrected chi connectivity index (χ4v) is 3.01. The van der Waals surface area contributed by atoms with Crippen molar-refractivity contribution in [3.05, 3.63) is 64.7 Å². The van der Waals surface area contributed by atoms with Crippen LogP contribution in [0.15, 0.2) is 42.5 Å². The molecule has 0 aliphatic heterocycles. The van der Waals surface area contributed by atoms with Gasteiger partial charge in [0, 0.05) is 0 Å². The smallest absolute Gasteiger partial charge is 0.337 e. The van der Waals surface area contributed by atoms with Crippen LogP contribution in [0.4, 0.5) is 14.5 Å². The maximum Gasteiger partial charge on any atom is 0.337 e. The monoisotopic (exact) mass is 345 g/mol. The van der Waals surface area contributed by atoms with Gasteiger partial charge in [0.05, 0.1) is 17.2 Å². The minimum Gasteiger partial charge on any atom is -0.478 e. The zero-order valence-corrected chi connectivity index (χ0v) is 13.7. The zero-order chi connectivity index (χ0) is 18.4. The van der Waals surface area contributed by atoms with Crippen LogP contribution in [0, 0.1) is 19.8 Å². The summed E-state index contributed by atoms with van der Waals surface area (Å²) in [5, 5.41) is 11.5. The Balaban J connectivity index is 1.83. The summed E-state index contributed by atoms with van der Waals surface area (Å²) in [6, 6.07) is 10.8. The van der Waals surface area contributed by atoms with Gasteiger partial charge in [-0.2, -0.15) is 0 Å². The quantitative estimate of drug-likeness (QED) is 0.880. The van der Waals surface area contributed by atoms with Gasteiger partial charge in [-0.1, -0.05) is 30.3 Å². The largest absolute Gasteiger partial charge is 0.478 e. The van der Waals surface area contributed by atoms with E-state index in [9.17, 15) is 18.4 Å². The predicted molar refractivity (Wildman–Crippen MR) is 89.1 cm³/mol. The number of hydrogen-bond acceptors (Lipinski definition) is 2. The van der Waals surface area contributed by atoms with Gasteiger partial charge >= 0.3 is 5.97 Å². The molecule has 2 aromatic carbocycles. The second-order valence-corrected chi connectivity index (χ2v) is 6.31. The minimum absolute atomic E-state index is 0.0153. The predicted octanol–water partition coefficient (Wildman–Crippen LogP) is 3.99. The van der Waals surface area contributed by atoms with Crippen LogP contribution < -0.4 is 5.32 Å². The number of halogens is 2. The normalized spacial score (nSPS) is 20.8. The van der Waals surface area contributed by atoms with Crippen LogP contribution >= 0.6 is 0 Å². The molecule has 1 aliphatic carbocycles. The Morgan fingerprint density at radius 3 is 2.40 bits per heavy atom. The lowest BCUT2D eigenvalue weighted by molar-refractivity contribution is -0.119. The second kappa shape index (κ2) is 5.95. The molecular weight excluding hydrogens is 328 g/mol. The standard InChI is InChI=1S/C19H17F2NO3/c1-10-7-8-12(9-11(10)2)15-16(19(15,20)21)17(23)22-14-6-4-3-5-13(14)18(24)25/h3-9,15-16H,1-2H3,(H,22,23)(H,24,25). The van der Waals surface area contributed by atoms with E-state index in [1.807, 2.05) is 13.8 Å². The van der Waals surface area contributed by atoms with Crippen molar-refractivity contribution in [3.8, 4) is 0 Å². The van der Waals surface area contributed by atoms with Crippen molar-refractivity contribution in [1.82, 2.24) is 0 Å². The maximum atomic E-state index is 14.2. The summed E-state index contributed by atoms with van der Waals surface area (Å²) in [7, 11) is 0. The first kappa shape index (κ1) is 17.1. The molecular formula is C19H17F2NO3. The first-order chi connectivity index (χ1) is 11.7. The molecule has 1 amide bonds. The minimum atomic E-state index is -3.15. The summed E-state index contributed by atoms with van der Waals surface area (Å²) in [6.45, 7) is 3.72. The van der Waals surface area contributed by atoms with Gasteiger partial charge < -0.3 is 10.4 Å². The molecule has 1 aliphatic rings. The molecule has 0 saturated heterocycles. The highest BCUT2D eigenvalue weighted by molar-refractivity contribution is 6.02. The molecule has 1 fully saturated rings. The molecule has 4 nitrogen and oxygen atoms in total. The molecule has 2 atom stereocenters. The number of hydrogen-bond donors (Lipinski definition) is 2. The van der Waals surface area contributed by atoms with E-state index >= 15 is 0 Å². The van der Waals surface area contributed by atoms with Crippen molar-refractivity contribution in [1.29, 1.82) is 0 Å². The van der Waals surface area contributed by atoms with E-state index in [0.29, 0.717) is 5.56 Å². The molecule has 2 unspecified atom stereocenters. The Morgan fingerprint density at radius 2 is 1.76 bits per heavy atom. The number of amides is 1. The number of carbonyl (C=O) groups is 2. The number of anilines is 1. The highest BCUT2D eigenvalue weighted by Gasteiger charge is 2.72. The average Bonchev–Trinajstić information content (AvgIpc) is 3.13. The third-order valence-electron chi connectivity index (χ3n) is 4.64. The van der Waals surface area contributed by atoms with E-state index in [0.717, 1.165) is 11.1 Å². The van der Waals surface area contributed by atoms with Gasteiger partial charge in [-0.05, 0) is 42.7 Å². The first-order valence-corrected chi connectivity index (χ1v) is 7.81. The number of rotatable bonds is 4. The van der Waals surface area contributed by atoms with Gasteiger partial charge in [0.25, 0.3) is 5.92 Å². The van der Waals surface area contributed by atoms with Crippen molar-refractivity contribution in [2.24, 2.45) is 5.92 Å². The molecule has 25 heavy (non-hydrogen) atoms. The molecule has 0 radical (unpaired) electrons. The number of aryl methyl sites for hydroxylation is 2. The lowest BCUT2D eigenvalue weighted by Crippen LogP contribution is -2.19. The van der Waals surface area contributed by atoms with Crippen molar-refractivity contribution in [2.75, 3.05) is 5.32 Å². The number of carboxylic acids is 1. The number of carboxylic acid groups (broad SMARTS) is 1. The molecule has 3 rings (SSSR count). The third kappa shape index (κ3) is 2.99. The molecule has 2 aromatic rings. The molecule has 0 heterocycles. The fraction of sp³-hybridized carbons (Fsp3) is 0.263. The lowest BCUT2D eigenvalue weighted by atomic mass is 10.0. The summed E-state index contributed by atoms with van der Waals surface area (Å²) in [5.74, 6) is -7.95. The highest BCUT2D eigenvalue weighted by atomic mass is 19.3. The van der Waals surface area contributed by atoms with E-state index in [-0.39, 0.29) is 11.3 Å². The Bertz CT molecular complexity index is 863. The SMILES string of the molecule is Cc1ccc(C2C(C(=O)Nc3ccccc3C(=O)O)C2(F)F)cc1C. The number of benzene rings is 2. The summed E-state index contributed by atoms with van der Waals surface area (Å²) >= 11 is 0. The topological polar surface area (TPSA) is 66.4 Å². The van der Waals surface area contributed by atoms with Crippen LogP contribution in [-0.4, -0.2) is 22.9 Å². The van der Waals surface area contributed by atoms with Gasteiger partial charge in [0.1, 0.15) is 5.92 Å². The van der Waals surface area contributed by atoms with E-state index in [1.165, 1.54) is 24.3 Å². The Hall–Kier alpha value is -2.76. The Kier molecular flexibility index (Phi) is 4.06. The fourth-order valence-electron chi connectivity index (χ4n) is 3.01. The highest BCUT2D eigenvalue weighted by Crippen LogP contribution is 2.62. The summed E-state index contributed by atoms with van der Waals surface area (Å²) < 4.78 is 28.4. The molecule has 6 heteroatoms. The second-order valence-electron chi connectivity index (χ2n) is 6.31. The van der Waals surface area contributed by atoms with Crippen LogP contribution in [0.1, 0.15) is 33.0 Å². The summed E-state index contributed by atoms with van der Waals surface area (Å²) in [5.41, 5.74) is 2.17. The lowest BCUT2D eigenvalue weighted by Gasteiger charge is -2.08. The van der Waals surface area contributed by atoms with Gasteiger partial charge in [-0.3, -0.25) is 4.79 Å². The number of carbonyl (C=O) groups excluding carboxylic acids is 1. The molecule has 0 aromatic heterocycles. The zero-order valence-electron chi connectivity index (χ0n) is 13.7. The molecule has 0 spiro atoms. The van der Waals surface area contributed by atoms with Crippen LogP contribution in [0.5, 0.6) is 0 Å². The summed E-state index contributed by atoms with van der Waals surface area (Å²) in [4.78, 5) is 23.5. The van der Waals surface area contributed by atoms with Crippen molar-refractivity contribution >= 4 is 17.6 Å². The molecule has 1 saturated carbocycles. The van der Waals surface area contributed by atoms with Crippen LogP contribution in [0.25, 0.3) is 0 Å². The van der Waals surface area contributed by atoms with E-state index in [1.54, 1.807) is 18.2 Å². The van der Waals surface area contributed by atoms with Gasteiger partial charge in [-0.15, -0.1) is 0 Å². The van der Waals surface area contributed by atoms with Gasteiger partial charge in [0.15, 0.2) is 0 Å². The van der Waals surface area contributed by atoms with Crippen LogP contribution in [-0.2, 0) is 4.79 Å². The number of aromatic carboxylic acids is 1. The van der Waals surface area contributed by atoms with E-state index in [4.69, 9.17) is 5.11 Å². The number of nitrogens with one attached hydrogen (secondary N) is 1. The first-order valence-electron chi connectivity index (χ1n) is 7.81. The van der Waals surface area contributed by atoms with Crippen LogP contribution in [0.3, 0.4) is 0 Å². The number of para-hydroxylation sites is 1. The Morgan fingerprint density at radius 1 is 1.08 bits per heavy atom. The Labute approximate surface area is 143 Å². The third-order valence-corrected chi connectivity index (χ3v) is 4.64.